The number of carbonyl (C=O) groups is 1. The SMILES string of the molecule is O=C1/C(=C/c2cccn2Cc2ccccc2[N+](=O)[O-])SC(=S)N1c1ccc(Cl)cc1Cl. The Morgan fingerprint density at radius 3 is 2.65 bits per heavy atom. The number of halogens is 2. The number of amides is 1. The van der Waals surface area contributed by atoms with E-state index in [1.807, 2.05) is 16.7 Å². The van der Waals surface area contributed by atoms with Gasteiger partial charge >= 0.3 is 0 Å². The number of nitrogens with zero attached hydrogens (tertiary/aromatic N) is 3. The van der Waals surface area contributed by atoms with E-state index < -0.39 is 4.92 Å². The summed E-state index contributed by atoms with van der Waals surface area (Å²) in [7, 11) is 0. The molecule has 156 valence electrons. The van der Waals surface area contributed by atoms with Crippen LogP contribution in [0, 0.1) is 10.1 Å². The zero-order chi connectivity index (χ0) is 22.1. The summed E-state index contributed by atoms with van der Waals surface area (Å²) in [5.74, 6) is -0.294. The highest BCUT2D eigenvalue weighted by molar-refractivity contribution is 8.27. The lowest BCUT2D eigenvalue weighted by Crippen LogP contribution is -2.27. The number of aromatic nitrogens is 1. The molecule has 0 N–H and O–H groups in total. The lowest BCUT2D eigenvalue weighted by Gasteiger charge is -2.16. The summed E-state index contributed by atoms with van der Waals surface area (Å²) in [4.78, 5) is 25.8. The normalized spacial score (nSPS) is 15.2. The molecule has 1 aliphatic rings. The molecule has 3 aromatic rings. The maximum absolute atomic E-state index is 13.1. The van der Waals surface area contributed by atoms with Gasteiger partial charge < -0.3 is 4.57 Å². The Hall–Kier alpha value is -2.65. The average molecular weight is 490 g/mol. The third-order valence-electron chi connectivity index (χ3n) is 4.62. The fraction of sp³-hybridized carbons (Fsp3) is 0.0476. The van der Waals surface area contributed by atoms with E-state index in [4.69, 9.17) is 35.4 Å². The number of nitro groups is 1. The second-order valence-electron chi connectivity index (χ2n) is 6.56. The number of rotatable bonds is 5. The van der Waals surface area contributed by atoms with Gasteiger partial charge in [0.25, 0.3) is 11.6 Å². The van der Waals surface area contributed by atoms with Crippen molar-refractivity contribution in [3.05, 3.63) is 97.1 Å². The minimum atomic E-state index is -0.403. The molecule has 1 aliphatic heterocycles. The minimum absolute atomic E-state index is 0.0471. The van der Waals surface area contributed by atoms with E-state index in [9.17, 15) is 14.9 Å². The van der Waals surface area contributed by atoms with Crippen molar-refractivity contribution in [1.82, 2.24) is 4.57 Å². The van der Waals surface area contributed by atoms with E-state index >= 15 is 0 Å². The first-order chi connectivity index (χ1) is 14.8. The van der Waals surface area contributed by atoms with Crippen LogP contribution in [0.2, 0.25) is 10.0 Å². The van der Waals surface area contributed by atoms with E-state index in [0.29, 0.717) is 37.1 Å². The molecule has 1 amide bonds. The summed E-state index contributed by atoms with van der Waals surface area (Å²) in [6.07, 6.45) is 3.53. The molecule has 0 spiro atoms. The van der Waals surface area contributed by atoms with Crippen molar-refractivity contribution in [2.45, 2.75) is 6.54 Å². The van der Waals surface area contributed by atoms with Crippen molar-refractivity contribution >= 4 is 74.9 Å². The lowest BCUT2D eigenvalue weighted by molar-refractivity contribution is -0.385. The summed E-state index contributed by atoms with van der Waals surface area (Å²) in [6, 6.07) is 15.1. The van der Waals surface area contributed by atoms with Crippen LogP contribution >= 0.6 is 47.2 Å². The van der Waals surface area contributed by atoms with E-state index in [1.54, 1.807) is 48.7 Å². The number of nitro benzene ring substituents is 1. The van der Waals surface area contributed by atoms with Crippen molar-refractivity contribution in [2.75, 3.05) is 4.90 Å². The molecule has 0 atom stereocenters. The maximum atomic E-state index is 13.1. The van der Waals surface area contributed by atoms with Crippen molar-refractivity contribution in [3.8, 4) is 0 Å². The third kappa shape index (κ3) is 4.38. The number of thiocarbonyl (C=S) groups is 1. The smallest absolute Gasteiger partial charge is 0.274 e. The average Bonchev–Trinajstić information content (AvgIpc) is 3.27. The number of para-hydroxylation sites is 1. The second-order valence-corrected chi connectivity index (χ2v) is 9.08. The van der Waals surface area contributed by atoms with Crippen LogP contribution < -0.4 is 4.90 Å². The number of hydrogen-bond donors (Lipinski definition) is 0. The molecular weight excluding hydrogens is 477 g/mol. The van der Waals surface area contributed by atoms with Gasteiger partial charge in [-0.1, -0.05) is 65.4 Å². The lowest BCUT2D eigenvalue weighted by atomic mass is 10.2. The van der Waals surface area contributed by atoms with Gasteiger partial charge in [0.05, 0.1) is 27.1 Å². The molecule has 2 heterocycles. The van der Waals surface area contributed by atoms with Gasteiger partial charge in [0, 0.05) is 28.5 Å². The molecular formula is C21H13Cl2N3O3S2. The largest absolute Gasteiger partial charge is 0.343 e. The Bertz CT molecular complexity index is 1260. The Labute approximate surface area is 197 Å². The molecule has 0 unspecified atom stereocenters. The highest BCUT2D eigenvalue weighted by Gasteiger charge is 2.34. The predicted octanol–water partition coefficient (Wildman–Crippen LogP) is 6.16. The molecule has 0 bridgehead atoms. The van der Waals surface area contributed by atoms with Crippen LogP contribution in [-0.4, -0.2) is 19.7 Å². The summed E-state index contributed by atoms with van der Waals surface area (Å²) >= 11 is 18.8. The van der Waals surface area contributed by atoms with Crippen LogP contribution in [-0.2, 0) is 11.3 Å². The van der Waals surface area contributed by atoms with Crippen molar-refractivity contribution in [2.24, 2.45) is 0 Å². The van der Waals surface area contributed by atoms with Gasteiger partial charge in [0.2, 0.25) is 0 Å². The van der Waals surface area contributed by atoms with Crippen LogP contribution in [0.15, 0.2) is 65.7 Å². The number of anilines is 1. The quantitative estimate of drug-likeness (QED) is 0.186. The number of thioether (sulfide) groups is 1. The van der Waals surface area contributed by atoms with E-state index in [1.165, 1.54) is 22.7 Å². The summed E-state index contributed by atoms with van der Waals surface area (Å²) in [5.41, 5.74) is 1.80. The minimum Gasteiger partial charge on any atom is -0.343 e. The number of hydrogen-bond acceptors (Lipinski definition) is 5. The third-order valence-corrected chi connectivity index (χ3v) is 6.46. The molecule has 1 aromatic heterocycles. The van der Waals surface area contributed by atoms with Crippen LogP contribution in [0.4, 0.5) is 11.4 Å². The van der Waals surface area contributed by atoms with Gasteiger partial charge in [-0.2, -0.15) is 0 Å². The van der Waals surface area contributed by atoms with Crippen molar-refractivity contribution in [3.63, 3.8) is 0 Å². The summed E-state index contributed by atoms with van der Waals surface area (Å²) in [5, 5.41) is 12.1. The van der Waals surface area contributed by atoms with Gasteiger partial charge in [0.15, 0.2) is 4.32 Å². The van der Waals surface area contributed by atoms with Gasteiger partial charge in [0.1, 0.15) is 0 Å². The van der Waals surface area contributed by atoms with E-state index in [2.05, 4.69) is 0 Å². The highest BCUT2D eigenvalue weighted by Crippen LogP contribution is 2.39. The maximum Gasteiger partial charge on any atom is 0.274 e. The molecule has 0 saturated carbocycles. The Balaban J connectivity index is 1.64. The summed E-state index contributed by atoms with van der Waals surface area (Å²) in [6.45, 7) is 0.291. The first kappa shape index (κ1) is 21.6. The molecule has 1 saturated heterocycles. The molecule has 10 heteroatoms. The first-order valence-electron chi connectivity index (χ1n) is 8.95. The second kappa shape index (κ2) is 8.84. The van der Waals surface area contributed by atoms with Crippen LogP contribution in [0.25, 0.3) is 6.08 Å². The van der Waals surface area contributed by atoms with Crippen LogP contribution in [0.5, 0.6) is 0 Å². The van der Waals surface area contributed by atoms with Crippen LogP contribution in [0.1, 0.15) is 11.3 Å². The Morgan fingerprint density at radius 2 is 1.90 bits per heavy atom. The molecule has 4 rings (SSSR count). The first-order valence-corrected chi connectivity index (χ1v) is 10.9. The van der Waals surface area contributed by atoms with Gasteiger partial charge in [-0.05, 0) is 36.4 Å². The molecule has 6 nitrogen and oxygen atoms in total. The topological polar surface area (TPSA) is 68.4 Å². The fourth-order valence-electron chi connectivity index (χ4n) is 3.18. The van der Waals surface area contributed by atoms with Crippen molar-refractivity contribution in [1.29, 1.82) is 0 Å². The zero-order valence-corrected chi connectivity index (χ0v) is 18.8. The molecule has 31 heavy (non-hydrogen) atoms. The van der Waals surface area contributed by atoms with Gasteiger partial charge in [-0.25, -0.2) is 0 Å². The Morgan fingerprint density at radius 1 is 1.13 bits per heavy atom. The van der Waals surface area contributed by atoms with Crippen LogP contribution in [0.3, 0.4) is 0 Å². The molecule has 2 aromatic carbocycles. The van der Waals surface area contributed by atoms with E-state index in [0.717, 1.165) is 5.69 Å². The highest BCUT2D eigenvalue weighted by atomic mass is 35.5. The van der Waals surface area contributed by atoms with Gasteiger partial charge in [-0.15, -0.1) is 0 Å². The Kier molecular flexibility index (Phi) is 6.15. The van der Waals surface area contributed by atoms with Gasteiger partial charge in [-0.3, -0.25) is 19.8 Å². The summed E-state index contributed by atoms with van der Waals surface area (Å²) < 4.78 is 2.20. The molecule has 0 aliphatic carbocycles. The molecule has 1 fully saturated rings. The standard InChI is InChI=1S/C21H13Cl2N3O3S2/c22-14-7-8-18(16(23)10-14)25-20(27)19(31-21(25)30)11-15-5-3-9-24(15)12-13-4-1-2-6-17(13)26(28)29/h1-11H,12H2/b19-11-. The number of carbonyl (C=O) groups excluding carboxylic acids is 1. The molecule has 0 radical (unpaired) electrons. The fourth-order valence-corrected chi connectivity index (χ4v) is 4.94. The zero-order valence-electron chi connectivity index (χ0n) is 15.7. The van der Waals surface area contributed by atoms with Crippen molar-refractivity contribution < 1.29 is 9.72 Å². The monoisotopic (exact) mass is 489 g/mol. The van der Waals surface area contributed by atoms with E-state index in [-0.39, 0.29) is 11.6 Å². The number of benzene rings is 2. The predicted molar refractivity (Wildman–Crippen MR) is 129 cm³/mol.